The fourth-order valence-electron chi connectivity index (χ4n) is 2.80. The van der Waals surface area contributed by atoms with Gasteiger partial charge in [0.15, 0.2) is 0 Å². The molecule has 118 valence electrons. The molecule has 1 aromatic rings. The molecule has 0 aliphatic heterocycles. The van der Waals surface area contributed by atoms with E-state index in [-0.39, 0.29) is 24.5 Å². The van der Waals surface area contributed by atoms with Crippen molar-refractivity contribution in [2.45, 2.75) is 31.8 Å². The van der Waals surface area contributed by atoms with Gasteiger partial charge in [-0.1, -0.05) is 22.4 Å². The second kappa shape index (κ2) is 8.76. The van der Waals surface area contributed by atoms with E-state index in [2.05, 4.69) is 34.9 Å². The number of benzene rings is 1. The summed E-state index contributed by atoms with van der Waals surface area (Å²) in [6.45, 7) is 0.984. The molecule has 1 aliphatic carbocycles. The lowest BCUT2D eigenvalue weighted by atomic mass is 9.86. The van der Waals surface area contributed by atoms with Crippen molar-refractivity contribution in [2.75, 3.05) is 20.6 Å². The minimum Gasteiger partial charge on any atom is -1.00 e. The summed E-state index contributed by atoms with van der Waals surface area (Å²) in [5.74, 6) is 0.256. The second-order valence-corrected chi connectivity index (χ2v) is 6.67. The number of ether oxygens (including phenoxy) is 1. The highest BCUT2D eigenvalue weighted by Gasteiger charge is 2.28. The van der Waals surface area contributed by atoms with Gasteiger partial charge in [-0.2, -0.15) is 0 Å². The Kier molecular flexibility index (Phi) is 7.71. The van der Waals surface area contributed by atoms with Gasteiger partial charge in [-0.3, -0.25) is 0 Å². The summed E-state index contributed by atoms with van der Waals surface area (Å²) in [4.78, 5) is 14.4. The van der Waals surface area contributed by atoms with Crippen LogP contribution in [-0.2, 0) is 4.74 Å². The average molecular weight is 376 g/mol. The quantitative estimate of drug-likeness (QED) is 0.727. The Morgan fingerprint density at radius 1 is 1.24 bits per heavy atom. The molecule has 0 heterocycles. The van der Waals surface area contributed by atoms with Crippen molar-refractivity contribution < 1.29 is 21.9 Å². The van der Waals surface area contributed by atoms with Gasteiger partial charge in [0.1, 0.15) is 6.10 Å². The molecular formula is C16H22BrClNO2-. The van der Waals surface area contributed by atoms with E-state index in [0.717, 1.165) is 30.3 Å². The van der Waals surface area contributed by atoms with E-state index >= 15 is 0 Å². The molecule has 1 aliphatic rings. The van der Waals surface area contributed by atoms with E-state index in [1.807, 2.05) is 12.1 Å². The van der Waals surface area contributed by atoms with Crippen LogP contribution in [0, 0.1) is 5.92 Å². The molecule has 1 aromatic carbocycles. The Morgan fingerprint density at radius 2 is 1.86 bits per heavy atom. The third-order valence-corrected chi connectivity index (χ3v) is 4.31. The summed E-state index contributed by atoms with van der Waals surface area (Å²) in [5.41, 5.74) is 0.627. The molecule has 5 heteroatoms. The minimum atomic E-state index is -0.201. The smallest absolute Gasteiger partial charge is 0.338 e. The third kappa shape index (κ3) is 5.61. The van der Waals surface area contributed by atoms with Crippen molar-refractivity contribution in [3.63, 3.8) is 0 Å². The predicted octanol–water partition coefficient (Wildman–Crippen LogP) is 0.730. The maximum atomic E-state index is 12.2. The maximum Gasteiger partial charge on any atom is 0.338 e. The average Bonchev–Trinajstić information content (AvgIpc) is 2.41. The van der Waals surface area contributed by atoms with Crippen LogP contribution in [0.4, 0.5) is 0 Å². The van der Waals surface area contributed by atoms with Crippen LogP contribution in [0.15, 0.2) is 28.7 Å². The van der Waals surface area contributed by atoms with Gasteiger partial charge in [-0.15, -0.1) is 0 Å². The first-order valence-corrected chi connectivity index (χ1v) is 7.97. The number of carbonyl (C=O) groups is 1. The van der Waals surface area contributed by atoms with Crippen LogP contribution >= 0.6 is 15.9 Å². The van der Waals surface area contributed by atoms with Crippen molar-refractivity contribution in [3.8, 4) is 0 Å². The molecule has 0 radical (unpaired) electrons. The van der Waals surface area contributed by atoms with Crippen molar-refractivity contribution in [1.82, 2.24) is 4.90 Å². The Morgan fingerprint density at radius 3 is 2.48 bits per heavy atom. The van der Waals surface area contributed by atoms with Crippen molar-refractivity contribution in [3.05, 3.63) is 34.3 Å². The third-order valence-electron chi connectivity index (χ3n) is 3.78. The summed E-state index contributed by atoms with van der Waals surface area (Å²) < 4.78 is 6.72. The van der Waals surface area contributed by atoms with E-state index in [1.165, 1.54) is 6.42 Å². The molecule has 21 heavy (non-hydrogen) atoms. The number of hydrogen-bond acceptors (Lipinski definition) is 3. The Hall–Kier alpha value is -0.580. The minimum absolute atomic E-state index is 0. The zero-order chi connectivity index (χ0) is 14.5. The molecule has 1 saturated carbocycles. The highest BCUT2D eigenvalue weighted by atomic mass is 79.9. The van der Waals surface area contributed by atoms with Gasteiger partial charge in [0.25, 0.3) is 0 Å². The van der Waals surface area contributed by atoms with Crippen molar-refractivity contribution in [1.29, 1.82) is 0 Å². The molecule has 0 saturated heterocycles. The molecule has 2 unspecified atom stereocenters. The van der Waals surface area contributed by atoms with Crippen LogP contribution < -0.4 is 12.4 Å². The number of hydrogen-bond donors (Lipinski definition) is 0. The monoisotopic (exact) mass is 374 g/mol. The van der Waals surface area contributed by atoms with Crippen LogP contribution in [-0.4, -0.2) is 37.6 Å². The fourth-order valence-corrected chi connectivity index (χ4v) is 3.06. The Labute approximate surface area is 141 Å². The molecule has 0 bridgehead atoms. The van der Waals surface area contributed by atoms with Crippen LogP contribution in [0.3, 0.4) is 0 Å². The zero-order valence-electron chi connectivity index (χ0n) is 12.5. The largest absolute Gasteiger partial charge is 1.00 e. The summed E-state index contributed by atoms with van der Waals surface area (Å²) in [6, 6.07) is 7.34. The molecule has 0 N–H and O–H groups in total. The van der Waals surface area contributed by atoms with Crippen molar-refractivity contribution in [2.24, 2.45) is 5.92 Å². The van der Waals surface area contributed by atoms with Gasteiger partial charge in [0.05, 0.1) is 5.56 Å². The second-order valence-electron chi connectivity index (χ2n) is 5.76. The number of nitrogens with zero attached hydrogens (tertiary/aromatic N) is 1. The fraction of sp³-hybridized carbons (Fsp3) is 0.562. The van der Waals surface area contributed by atoms with Gasteiger partial charge < -0.3 is 22.0 Å². The Bertz CT molecular complexity index is 450. The van der Waals surface area contributed by atoms with Crippen LogP contribution in [0.2, 0.25) is 0 Å². The van der Waals surface area contributed by atoms with E-state index in [1.54, 1.807) is 12.1 Å². The predicted molar refractivity (Wildman–Crippen MR) is 83.9 cm³/mol. The summed E-state index contributed by atoms with van der Waals surface area (Å²) >= 11 is 3.37. The van der Waals surface area contributed by atoms with Gasteiger partial charge >= 0.3 is 5.97 Å². The van der Waals surface area contributed by atoms with Crippen LogP contribution in [0.5, 0.6) is 0 Å². The van der Waals surface area contributed by atoms with Gasteiger partial charge in [0, 0.05) is 16.9 Å². The SMILES string of the molecule is CN(C)CC1CCCCC1OC(=O)c1ccc(Br)cc1.[Cl-]. The summed E-state index contributed by atoms with van der Waals surface area (Å²) in [5, 5.41) is 0. The molecule has 2 atom stereocenters. The zero-order valence-corrected chi connectivity index (χ0v) is 14.9. The first-order valence-electron chi connectivity index (χ1n) is 7.17. The van der Waals surface area contributed by atoms with E-state index in [9.17, 15) is 4.79 Å². The van der Waals surface area contributed by atoms with E-state index < -0.39 is 0 Å². The summed E-state index contributed by atoms with van der Waals surface area (Å²) in [7, 11) is 4.14. The van der Waals surface area contributed by atoms with Crippen LogP contribution in [0.1, 0.15) is 36.0 Å². The summed E-state index contributed by atoms with van der Waals surface area (Å²) in [6.07, 6.45) is 4.59. The normalized spacial score (nSPS) is 21.7. The van der Waals surface area contributed by atoms with Gasteiger partial charge in [-0.25, -0.2) is 4.79 Å². The Balaban J connectivity index is 0.00000220. The molecular weight excluding hydrogens is 354 g/mol. The number of carbonyl (C=O) groups excluding carboxylic acids is 1. The van der Waals surface area contributed by atoms with Crippen molar-refractivity contribution >= 4 is 21.9 Å². The standard InChI is InChI=1S/C16H22BrNO2.ClH/c1-18(2)11-13-5-3-4-6-15(13)20-16(19)12-7-9-14(17)10-8-12;/h7-10,13,15H,3-6,11H2,1-2H3;1H/p-1. The molecule has 2 rings (SSSR count). The molecule has 3 nitrogen and oxygen atoms in total. The molecule has 0 amide bonds. The molecule has 0 spiro atoms. The first-order chi connectivity index (χ1) is 9.56. The maximum absolute atomic E-state index is 12.2. The van der Waals surface area contributed by atoms with Crippen LogP contribution in [0.25, 0.3) is 0 Å². The highest BCUT2D eigenvalue weighted by molar-refractivity contribution is 9.10. The molecule has 1 fully saturated rings. The van der Waals surface area contributed by atoms with Gasteiger partial charge in [0.2, 0.25) is 0 Å². The number of halogens is 2. The lowest BCUT2D eigenvalue weighted by Crippen LogP contribution is -3.00. The lowest BCUT2D eigenvalue weighted by molar-refractivity contribution is -0.00343. The lowest BCUT2D eigenvalue weighted by Gasteiger charge is -2.32. The number of rotatable bonds is 4. The highest BCUT2D eigenvalue weighted by Crippen LogP contribution is 2.28. The van der Waals surface area contributed by atoms with E-state index in [0.29, 0.717) is 11.5 Å². The van der Waals surface area contributed by atoms with Gasteiger partial charge in [-0.05, 0) is 57.6 Å². The number of esters is 1. The topological polar surface area (TPSA) is 29.5 Å². The van der Waals surface area contributed by atoms with E-state index in [4.69, 9.17) is 4.74 Å². The first kappa shape index (κ1) is 18.5. The molecule has 0 aromatic heterocycles.